The number of sulfone groups is 1. The van der Waals surface area contributed by atoms with Gasteiger partial charge in [-0.05, 0) is 45.2 Å². The number of halogens is 1. The summed E-state index contributed by atoms with van der Waals surface area (Å²) in [6.45, 7) is 5.61. The van der Waals surface area contributed by atoms with Crippen molar-refractivity contribution in [1.29, 1.82) is 0 Å². The minimum absolute atomic E-state index is 0. The number of likely N-dealkylation sites (tertiary alicyclic amines) is 1. The Hall–Kier alpha value is -0.830. The van der Waals surface area contributed by atoms with E-state index in [4.69, 9.17) is 0 Å². The van der Waals surface area contributed by atoms with E-state index >= 15 is 0 Å². The largest absolute Gasteiger partial charge is 0.343 e. The molecule has 0 aliphatic carbocycles. The molecule has 2 rings (SSSR count). The molecule has 0 atom stereocenters. The summed E-state index contributed by atoms with van der Waals surface area (Å²) in [6.07, 6.45) is 4.80. The summed E-state index contributed by atoms with van der Waals surface area (Å²) >= 11 is 0. The fourth-order valence-corrected chi connectivity index (χ4v) is 2.66. The van der Waals surface area contributed by atoms with Crippen molar-refractivity contribution in [2.75, 3.05) is 31.2 Å². The Morgan fingerprint density at radius 1 is 1.17 bits per heavy atom. The van der Waals surface area contributed by atoms with Gasteiger partial charge in [-0.3, -0.25) is 4.99 Å². The number of hydrogen-bond donors (Lipinski definition) is 1. The van der Waals surface area contributed by atoms with Crippen LogP contribution in [0.2, 0.25) is 0 Å². The second kappa shape index (κ2) is 9.03. The van der Waals surface area contributed by atoms with Gasteiger partial charge in [0, 0.05) is 25.0 Å². The SMILES string of the molecule is CC(C)(CN=C(Nc1ccccc1)N1CCCCC1)S(C)(=O)=O.I. The van der Waals surface area contributed by atoms with Gasteiger partial charge in [0.15, 0.2) is 15.8 Å². The van der Waals surface area contributed by atoms with Crippen molar-refractivity contribution in [2.24, 2.45) is 4.99 Å². The highest BCUT2D eigenvalue weighted by atomic mass is 127. The average molecular weight is 465 g/mol. The molecule has 0 radical (unpaired) electrons. The van der Waals surface area contributed by atoms with E-state index in [1.54, 1.807) is 13.8 Å². The van der Waals surface area contributed by atoms with Crippen LogP contribution in [0.25, 0.3) is 0 Å². The molecule has 1 heterocycles. The van der Waals surface area contributed by atoms with Gasteiger partial charge in [-0.1, -0.05) is 18.2 Å². The third-order valence-corrected chi connectivity index (χ3v) is 6.44. The number of piperidine rings is 1. The Morgan fingerprint density at radius 3 is 2.29 bits per heavy atom. The second-order valence-electron chi connectivity index (χ2n) is 6.71. The minimum atomic E-state index is -3.15. The van der Waals surface area contributed by atoms with Crippen LogP contribution in [0, 0.1) is 0 Å². The lowest BCUT2D eigenvalue weighted by molar-refractivity contribution is 0.340. The average Bonchev–Trinajstić information content (AvgIpc) is 2.52. The first-order valence-corrected chi connectivity index (χ1v) is 10.00. The van der Waals surface area contributed by atoms with Crippen molar-refractivity contribution in [1.82, 2.24) is 4.90 Å². The molecule has 0 spiro atoms. The highest BCUT2D eigenvalue weighted by Gasteiger charge is 2.30. The molecule has 1 aliphatic rings. The molecule has 136 valence electrons. The molecule has 0 bridgehead atoms. The van der Waals surface area contributed by atoms with Crippen LogP contribution in [0.1, 0.15) is 33.1 Å². The summed E-state index contributed by atoms with van der Waals surface area (Å²) in [5.74, 6) is 0.771. The molecular formula is C17H28IN3O2S. The number of nitrogens with zero attached hydrogens (tertiary/aromatic N) is 2. The second-order valence-corrected chi connectivity index (χ2v) is 9.36. The van der Waals surface area contributed by atoms with E-state index in [0.717, 1.165) is 37.6 Å². The van der Waals surface area contributed by atoms with Crippen LogP contribution in [0.4, 0.5) is 5.69 Å². The lowest BCUT2D eigenvalue weighted by Crippen LogP contribution is -2.42. The Balaban J connectivity index is 0.00000288. The molecular weight excluding hydrogens is 437 g/mol. The van der Waals surface area contributed by atoms with Gasteiger partial charge < -0.3 is 10.2 Å². The van der Waals surface area contributed by atoms with E-state index in [9.17, 15) is 8.42 Å². The van der Waals surface area contributed by atoms with Crippen LogP contribution in [0.5, 0.6) is 0 Å². The first-order chi connectivity index (χ1) is 10.8. The van der Waals surface area contributed by atoms with E-state index < -0.39 is 14.6 Å². The summed E-state index contributed by atoms with van der Waals surface area (Å²) < 4.78 is 22.9. The van der Waals surface area contributed by atoms with E-state index in [-0.39, 0.29) is 30.5 Å². The molecule has 1 aliphatic heterocycles. The molecule has 0 unspecified atom stereocenters. The maximum Gasteiger partial charge on any atom is 0.198 e. The summed E-state index contributed by atoms with van der Waals surface area (Å²) in [4.78, 5) is 6.85. The third kappa shape index (κ3) is 5.91. The van der Waals surface area contributed by atoms with Gasteiger partial charge in [-0.2, -0.15) is 0 Å². The first kappa shape index (κ1) is 21.2. The van der Waals surface area contributed by atoms with Gasteiger partial charge in [0.2, 0.25) is 0 Å². The lowest BCUT2D eigenvalue weighted by Gasteiger charge is -2.31. The Bertz CT molecular complexity index is 639. The van der Waals surface area contributed by atoms with Crippen molar-refractivity contribution in [3.8, 4) is 0 Å². The summed E-state index contributed by atoms with van der Waals surface area (Å²) in [5.41, 5.74) is 0.967. The molecule has 5 nitrogen and oxygen atoms in total. The number of benzene rings is 1. The Morgan fingerprint density at radius 2 is 1.75 bits per heavy atom. The van der Waals surface area contributed by atoms with Crippen molar-refractivity contribution in [2.45, 2.75) is 37.9 Å². The molecule has 1 aromatic rings. The molecule has 0 amide bonds. The van der Waals surface area contributed by atoms with E-state index in [1.165, 1.54) is 12.7 Å². The fourth-order valence-electron chi connectivity index (χ4n) is 2.36. The van der Waals surface area contributed by atoms with Crippen LogP contribution in [-0.4, -0.2) is 49.9 Å². The van der Waals surface area contributed by atoms with Crippen molar-refractivity contribution in [3.05, 3.63) is 30.3 Å². The molecule has 0 aromatic heterocycles. The quantitative estimate of drug-likeness (QED) is 0.421. The van der Waals surface area contributed by atoms with E-state index in [1.807, 2.05) is 30.3 Å². The highest BCUT2D eigenvalue weighted by Crippen LogP contribution is 2.17. The van der Waals surface area contributed by atoms with Crippen molar-refractivity contribution in [3.63, 3.8) is 0 Å². The standard InChI is InChI=1S/C17H27N3O2S.HI/c1-17(2,23(3,21)22)14-18-16(20-12-8-5-9-13-20)19-15-10-6-4-7-11-15;/h4,6-7,10-11H,5,8-9,12-14H2,1-3H3,(H,18,19);1H. The number of aliphatic imine (C=N–C) groups is 1. The van der Waals surface area contributed by atoms with Gasteiger partial charge in [0.25, 0.3) is 0 Å². The lowest BCUT2D eigenvalue weighted by atomic mass is 10.1. The topological polar surface area (TPSA) is 61.8 Å². The molecule has 1 N–H and O–H groups in total. The van der Waals surface area contributed by atoms with E-state index in [2.05, 4.69) is 15.2 Å². The third-order valence-electron chi connectivity index (χ3n) is 4.30. The first-order valence-electron chi connectivity index (χ1n) is 8.11. The maximum absolute atomic E-state index is 11.9. The number of rotatable bonds is 4. The van der Waals surface area contributed by atoms with Gasteiger partial charge in [0.1, 0.15) is 0 Å². The summed E-state index contributed by atoms with van der Waals surface area (Å²) in [7, 11) is -3.15. The van der Waals surface area contributed by atoms with Crippen LogP contribution in [0.15, 0.2) is 35.3 Å². The smallest absolute Gasteiger partial charge is 0.198 e. The predicted octanol–water partition coefficient (Wildman–Crippen LogP) is 3.38. The molecule has 1 aromatic carbocycles. The fraction of sp³-hybridized carbons (Fsp3) is 0.588. The zero-order valence-corrected chi connectivity index (χ0v) is 17.8. The normalized spacial score (nSPS) is 16.5. The van der Waals surface area contributed by atoms with Crippen molar-refractivity contribution >= 4 is 45.5 Å². The Labute approximate surface area is 162 Å². The number of guanidine groups is 1. The summed E-state index contributed by atoms with van der Waals surface area (Å²) in [6, 6.07) is 9.88. The number of anilines is 1. The monoisotopic (exact) mass is 465 g/mol. The number of nitrogens with one attached hydrogen (secondary N) is 1. The zero-order chi connectivity index (χ0) is 16.9. The minimum Gasteiger partial charge on any atom is -0.343 e. The van der Waals surface area contributed by atoms with Gasteiger partial charge >= 0.3 is 0 Å². The summed E-state index contributed by atoms with van der Waals surface area (Å²) in [5, 5.41) is 3.35. The maximum atomic E-state index is 11.9. The number of para-hydroxylation sites is 1. The molecule has 1 fully saturated rings. The molecule has 24 heavy (non-hydrogen) atoms. The van der Waals surface area contributed by atoms with Crippen LogP contribution in [0.3, 0.4) is 0 Å². The van der Waals surface area contributed by atoms with Crippen LogP contribution >= 0.6 is 24.0 Å². The highest BCUT2D eigenvalue weighted by molar-refractivity contribution is 14.0. The van der Waals surface area contributed by atoms with Gasteiger partial charge in [-0.25, -0.2) is 8.42 Å². The Kier molecular flexibility index (Phi) is 7.98. The zero-order valence-electron chi connectivity index (χ0n) is 14.7. The van der Waals surface area contributed by atoms with Crippen molar-refractivity contribution < 1.29 is 8.42 Å². The van der Waals surface area contributed by atoms with Crippen LogP contribution < -0.4 is 5.32 Å². The predicted molar refractivity (Wildman–Crippen MR) is 112 cm³/mol. The number of hydrogen-bond acceptors (Lipinski definition) is 3. The van der Waals surface area contributed by atoms with Gasteiger partial charge in [-0.15, -0.1) is 24.0 Å². The molecule has 0 saturated carbocycles. The molecule has 1 saturated heterocycles. The molecule has 7 heteroatoms. The van der Waals surface area contributed by atoms with Gasteiger partial charge in [0.05, 0.1) is 11.3 Å². The van der Waals surface area contributed by atoms with Crippen LogP contribution in [-0.2, 0) is 9.84 Å². The van der Waals surface area contributed by atoms with E-state index in [0.29, 0.717) is 0 Å².